The van der Waals surface area contributed by atoms with Gasteiger partial charge in [-0.05, 0) is 51.4 Å². The van der Waals surface area contributed by atoms with Crippen LogP contribution in [0, 0.1) is 0 Å². The maximum absolute atomic E-state index is 12.7. The van der Waals surface area contributed by atoms with Crippen molar-refractivity contribution in [3.05, 3.63) is 11.7 Å². The van der Waals surface area contributed by atoms with Crippen LogP contribution < -0.4 is 5.73 Å². The van der Waals surface area contributed by atoms with Crippen LogP contribution in [-0.2, 0) is 15.1 Å². The number of carbonyl (C=O) groups excluding carboxylic acids is 1. The van der Waals surface area contributed by atoms with Crippen LogP contribution in [0.3, 0.4) is 0 Å². The Kier molecular flexibility index (Phi) is 3.85. The van der Waals surface area contributed by atoms with Crippen LogP contribution in [-0.4, -0.2) is 40.2 Å². The van der Waals surface area contributed by atoms with Gasteiger partial charge in [-0.15, -0.1) is 0 Å². The predicted octanol–water partition coefficient (Wildman–Crippen LogP) is 1.64. The SMILES string of the molecule is NC1(c2noc(C3CCCCN3C(=O)C3CCCO3)n2)CCC1. The summed E-state index contributed by atoms with van der Waals surface area (Å²) in [5, 5.41) is 4.10. The molecule has 3 heterocycles. The number of carbonyl (C=O) groups is 1. The van der Waals surface area contributed by atoms with E-state index in [1.807, 2.05) is 4.90 Å². The van der Waals surface area contributed by atoms with Crippen molar-refractivity contribution in [3.8, 4) is 0 Å². The van der Waals surface area contributed by atoms with Gasteiger partial charge in [0.15, 0.2) is 5.82 Å². The first-order valence-electron chi connectivity index (χ1n) is 8.72. The van der Waals surface area contributed by atoms with Gasteiger partial charge in [0.05, 0.1) is 5.54 Å². The molecule has 1 aromatic rings. The van der Waals surface area contributed by atoms with Crippen molar-refractivity contribution in [2.45, 2.75) is 69.1 Å². The molecule has 1 amide bonds. The number of hydrogen-bond donors (Lipinski definition) is 1. The molecule has 0 radical (unpaired) electrons. The first kappa shape index (κ1) is 15.1. The largest absolute Gasteiger partial charge is 0.368 e. The molecule has 7 heteroatoms. The van der Waals surface area contributed by atoms with E-state index in [4.69, 9.17) is 15.0 Å². The topological polar surface area (TPSA) is 94.5 Å². The van der Waals surface area contributed by atoms with Gasteiger partial charge in [0.25, 0.3) is 5.91 Å². The number of likely N-dealkylation sites (tertiary alicyclic amines) is 1. The third-order valence-corrected chi connectivity index (χ3v) is 5.41. The van der Waals surface area contributed by atoms with E-state index < -0.39 is 5.54 Å². The van der Waals surface area contributed by atoms with E-state index >= 15 is 0 Å². The number of aromatic nitrogens is 2. The monoisotopic (exact) mass is 320 g/mol. The molecule has 1 aromatic heterocycles. The van der Waals surface area contributed by atoms with Gasteiger partial charge < -0.3 is 19.9 Å². The molecular weight excluding hydrogens is 296 g/mol. The predicted molar refractivity (Wildman–Crippen MR) is 81.3 cm³/mol. The molecule has 1 aliphatic carbocycles. The summed E-state index contributed by atoms with van der Waals surface area (Å²) in [4.78, 5) is 19.2. The van der Waals surface area contributed by atoms with E-state index in [1.54, 1.807) is 0 Å². The molecule has 1 saturated carbocycles. The summed E-state index contributed by atoms with van der Waals surface area (Å²) in [6.45, 7) is 1.41. The van der Waals surface area contributed by atoms with Crippen LogP contribution in [0.5, 0.6) is 0 Å². The van der Waals surface area contributed by atoms with E-state index in [2.05, 4.69) is 10.1 Å². The van der Waals surface area contributed by atoms with Crippen LogP contribution in [0.2, 0.25) is 0 Å². The number of piperidine rings is 1. The first-order valence-corrected chi connectivity index (χ1v) is 8.72. The summed E-state index contributed by atoms with van der Waals surface area (Å²) >= 11 is 0. The highest BCUT2D eigenvalue weighted by atomic mass is 16.5. The number of hydrogen-bond acceptors (Lipinski definition) is 6. The molecule has 3 aliphatic rings. The lowest BCUT2D eigenvalue weighted by Gasteiger charge is -2.35. The van der Waals surface area contributed by atoms with Gasteiger partial charge in [0.1, 0.15) is 12.1 Å². The highest BCUT2D eigenvalue weighted by Gasteiger charge is 2.41. The highest BCUT2D eigenvalue weighted by Crippen LogP contribution is 2.38. The third-order valence-electron chi connectivity index (χ3n) is 5.41. The molecule has 0 bridgehead atoms. The fraction of sp³-hybridized carbons (Fsp3) is 0.812. The smallest absolute Gasteiger partial charge is 0.252 e. The van der Waals surface area contributed by atoms with Crippen molar-refractivity contribution in [1.29, 1.82) is 0 Å². The summed E-state index contributed by atoms with van der Waals surface area (Å²) < 4.78 is 11.1. The van der Waals surface area contributed by atoms with Crippen molar-refractivity contribution in [1.82, 2.24) is 15.0 Å². The Labute approximate surface area is 135 Å². The number of rotatable bonds is 3. The van der Waals surface area contributed by atoms with Crippen LogP contribution in [0.1, 0.15) is 69.1 Å². The van der Waals surface area contributed by atoms with Gasteiger partial charge in [-0.25, -0.2) is 0 Å². The second kappa shape index (κ2) is 5.87. The third kappa shape index (κ3) is 2.65. The normalized spacial score (nSPS) is 30.2. The van der Waals surface area contributed by atoms with Gasteiger partial charge in [-0.3, -0.25) is 4.79 Å². The summed E-state index contributed by atoms with van der Waals surface area (Å²) in [5.74, 6) is 1.19. The number of nitrogens with zero attached hydrogens (tertiary/aromatic N) is 3. The number of amides is 1. The zero-order valence-corrected chi connectivity index (χ0v) is 13.4. The molecule has 2 aliphatic heterocycles. The molecule has 126 valence electrons. The molecule has 3 fully saturated rings. The fourth-order valence-electron chi connectivity index (χ4n) is 3.76. The van der Waals surface area contributed by atoms with Crippen molar-refractivity contribution < 1.29 is 14.1 Å². The minimum Gasteiger partial charge on any atom is -0.368 e. The molecule has 2 N–H and O–H groups in total. The molecule has 2 unspecified atom stereocenters. The summed E-state index contributed by atoms with van der Waals surface area (Å²) in [6, 6.07) is -0.134. The second-order valence-corrected chi connectivity index (χ2v) is 7.01. The van der Waals surface area contributed by atoms with Crippen LogP contribution in [0.15, 0.2) is 4.52 Å². The first-order chi connectivity index (χ1) is 11.2. The van der Waals surface area contributed by atoms with Gasteiger partial charge >= 0.3 is 0 Å². The molecule has 23 heavy (non-hydrogen) atoms. The maximum Gasteiger partial charge on any atom is 0.252 e. The van der Waals surface area contributed by atoms with Crippen molar-refractivity contribution in [3.63, 3.8) is 0 Å². The Morgan fingerprint density at radius 1 is 1.22 bits per heavy atom. The summed E-state index contributed by atoms with van der Waals surface area (Å²) in [5.41, 5.74) is 5.84. The number of ether oxygens (including phenoxy) is 1. The molecular formula is C16H24N4O3. The Hall–Kier alpha value is -1.47. The van der Waals surface area contributed by atoms with E-state index in [0.29, 0.717) is 18.3 Å². The van der Waals surface area contributed by atoms with Gasteiger partial charge in [0, 0.05) is 13.2 Å². The Morgan fingerprint density at radius 2 is 2.09 bits per heavy atom. The molecule has 2 atom stereocenters. The second-order valence-electron chi connectivity index (χ2n) is 7.01. The fourth-order valence-corrected chi connectivity index (χ4v) is 3.76. The maximum atomic E-state index is 12.7. The molecule has 2 saturated heterocycles. The van der Waals surface area contributed by atoms with Crippen molar-refractivity contribution in [2.75, 3.05) is 13.2 Å². The minimum absolute atomic E-state index is 0.0676. The molecule has 7 nitrogen and oxygen atoms in total. The lowest BCUT2D eigenvalue weighted by molar-refractivity contribution is -0.145. The van der Waals surface area contributed by atoms with Crippen LogP contribution in [0.4, 0.5) is 0 Å². The zero-order valence-electron chi connectivity index (χ0n) is 13.4. The van der Waals surface area contributed by atoms with E-state index in [1.165, 1.54) is 0 Å². The van der Waals surface area contributed by atoms with E-state index in [-0.39, 0.29) is 18.1 Å². The standard InChI is InChI=1S/C16H24N4O3/c17-16(7-4-8-16)15-18-13(23-19-15)11-5-1-2-9-20(11)14(21)12-6-3-10-22-12/h11-12H,1-10,17H2. The van der Waals surface area contributed by atoms with E-state index in [9.17, 15) is 4.79 Å². The Balaban J connectivity index is 1.54. The Bertz CT molecular complexity index is 578. The molecule has 4 rings (SSSR count). The number of nitrogens with two attached hydrogens (primary N) is 1. The lowest BCUT2D eigenvalue weighted by atomic mass is 9.77. The summed E-state index contributed by atoms with van der Waals surface area (Å²) in [6.07, 6.45) is 7.29. The van der Waals surface area contributed by atoms with Gasteiger partial charge in [-0.2, -0.15) is 4.98 Å². The highest BCUT2D eigenvalue weighted by molar-refractivity contribution is 5.81. The van der Waals surface area contributed by atoms with E-state index in [0.717, 1.165) is 57.9 Å². The average molecular weight is 320 g/mol. The van der Waals surface area contributed by atoms with Crippen molar-refractivity contribution >= 4 is 5.91 Å². The van der Waals surface area contributed by atoms with Gasteiger partial charge in [0.2, 0.25) is 5.89 Å². The molecule has 0 aromatic carbocycles. The van der Waals surface area contributed by atoms with Crippen molar-refractivity contribution in [2.24, 2.45) is 5.73 Å². The zero-order chi connectivity index (χ0) is 15.9. The van der Waals surface area contributed by atoms with Crippen LogP contribution >= 0.6 is 0 Å². The lowest BCUT2D eigenvalue weighted by Crippen LogP contribution is -2.45. The quantitative estimate of drug-likeness (QED) is 0.910. The van der Waals surface area contributed by atoms with Crippen LogP contribution in [0.25, 0.3) is 0 Å². The summed E-state index contributed by atoms with van der Waals surface area (Å²) in [7, 11) is 0. The average Bonchev–Trinajstić information content (AvgIpc) is 3.23. The Morgan fingerprint density at radius 3 is 2.78 bits per heavy atom. The minimum atomic E-state index is -0.431. The molecule has 0 spiro atoms. The van der Waals surface area contributed by atoms with Gasteiger partial charge in [-0.1, -0.05) is 5.16 Å².